The molecule has 3 fully saturated rings. The maximum absolute atomic E-state index is 11.9. The fourth-order valence-corrected chi connectivity index (χ4v) is 6.12. The van der Waals surface area contributed by atoms with Crippen LogP contribution in [0, 0.1) is 5.92 Å². The summed E-state index contributed by atoms with van der Waals surface area (Å²) in [6.07, 6.45) is 9.44. The molecule has 0 bridgehead atoms. The summed E-state index contributed by atoms with van der Waals surface area (Å²) in [5.74, 6) is 1.10. The summed E-state index contributed by atoms with van der Waals surface area (Å²) >= 11 is 0. The summed E-state index contributed by atoms with van der Waals surface area (Å²) in [6.45, 7) is 1.83. The van der Waals surface area contributed by atoms with Crippen molar-refractivity contribution in [1.82, 2.24) is 10.6 Å². The van der Waals surface area contributed by atoms with Gasteiger partial charge in [0.05, 0.1) is 11.0 Å². The Morgan fingerprint density at radius 1 is 1.00 bits per heavy atom. The molecule has 5 heteroatoms. The monoisotopic (exact) mass is 300 g/mol. The van der Waals surface area contributed by atoms with Crippen LogP contribution in [0.3, 0.4) is 0 Å². The molecule has 20 heavy (non-hydrogen) atoms. The van der Waals surface area contributed by atoms with Crippen molar-refractivity contribution in [3.63, 3.8) is 0 Å². The van der Waals surface area contributed by atoms with E-state index in [1.54, 1.807) is 0 Å². The van der Waals surface area contributed by atoms with Crippen LogP contribution in [-0.2, 0) is 9.84 Å². The molecule has 0 aromatic heterocycles. The van der Waals surface area contributed by atoms with Gasteiger partial charge in [-0.1, -0.05) is 12.8 Å². The van der Waals surface area contributed by atoms with E-state index in [0.717, 1.165) is 19.4 Å². The molecule has 1 saturated carbocycles. The van der Waals surface area contributed by atoms with Gasteiger partial charge in [-0.3, -0.25) is 0 Å². The fraction of sp³-hybridized carbons (Fsp3) is 1.00. The predicted molar refractivity (Wildman–Crippen MR) is 81.6 cm³/mol. The summed E-state index contributed by atoms with van der Waals surface area (Å²) in [5.41, 5.74) is 0. The number of sulfone groups is 1. The van der Waals surface area contributed by atoms with Crippen LogP contribution in [0.4, 0.5) is 0 Å². The Balaban J connectivity index is 1.56. The topological polar surface area (TPSA) is 58.2 Å². The van der Waals surface area contributed by atoms with Crippen molar-refractivity contribution in [1.29, 1.82) is 0 Å². The first-order valence-electron chi connectivity index (χ1n) is 8.35. The number of hydrogen-bond acceptors (Lipinski definition) is 4. The first-order chi connectivity index (χ1) is 9.67. The molecule has 4 unspecified atom stereocenters. The zero-order chi connectivity index (χ0) is 14.0. The lowest BCUT2D eigenvalue weighted by Gasteiger charge is -2.37. The molecule has 2 aliphatic heterocycles. The van der Waals surface area contributed by atoms with Crippen molar-refractivity contribution in [3.8, 4) is 0 Å². The molecule has 116 valence electrons. The Labute approximate surface area is 123 Å². The minimum Gasteiger partial charge on any atom is -0.314 e. The maximum atomic E-state index is 11.9. The lowest BCUT2D eigenvalue weighted by atomic mass is 9.79. The molecular formula is C15H28N2O2S. The largest absolute Gasteiger partial charge is 0.314 e. The lowest BCUT2D eigenvalue weighted by Crippen LogP contribution is -2.49. The quantitative estimate of drug-likeness (QED) is 0.825. The molecule has 3 rings (SSSR count). The van der Waals surface area contributed by atoms with E-state index in [0.29, 0.717) is 30.3 Å². The lowest BCUT2D eigenvalue weighted by molar-refractivity contribution is 0.215. The van der Waals surface area contributed by atoms with Gasteiger partial charge >= 0.3 is 0 Å². The Morgan fingerprint density at radius 2 is 1.85 bits per heavy atom. The summed E-state index contributed by atoms with van der Waals surface area (Å²) in [6, 6.07) is 1.18. The minimum absolute atomic E-state index is 0.124. The van der Waals surface area contributed by atoms with Crippen LogP contribution in [0.25, 0.3) is 0 Å². The summed E-state index contributed by atoms with van der Waals surface area (Å²) in [5, 5.41) is 7.15. The molecular weight excluding hydrogens is 272 g/mol. The summed E-state index contributed by atoms with van der Waals surface area (Å²) < 4.78 is 23.8. The first kappa shape index (κ1) is 14.8. The van der Waals surface area contributed by atoms with Gasteiger partial charge in [0.1, 0.15) is 0 Å². The second kappa shape index (κ2) is 6.32. The van der Waals surface area contributed by atoms with E-state index < -0.39 is 9.84 Å². The van der Waals surface area contributed by atoms with E-state index >= 15 is 0 Å². The SMILES string of the molecule is O=S1(=O)CCCC1CNC1CCCCC1C1CCCN1. The molecule has 0 aromatic rings. The normalized spacial score (nSPS) is 41.0. The molecule has 0 amide bonds. The highest BCUT2D eigenvalue weighted by Gasteiger charge is 2.35. The molecule has 2 saturated heterocycles. The molecule has 4 nitrogen and oxygen atoms in total. The number of nitrogens with one attached hydrogen (secondary N) is 2. The maximum Gasteiger partial charge on any atom is 0.154 e. The van der Waals surface area contributed by atoms with Crippen LogP contribution in [0.15, 0.2) is 0 Å². The van der Waals surface area contributed by atoms with Gasteiger partial charge in [0.15, 0.2) is 9.84 Å². The standard InChI is InChI=1S/C15H28N2O2S/c18-20(19)10-4-5-12(20)11-17-15-7-2-1-6-13(15)14-8-3-9-16-14/h12-17H,1-11H2. The highest BCUT2D eigenvalue weighted by Crippen LogP contribution is 2.31. The van der Waals surface area contributed by atoms with E-state index in [1.165, 1.54) is 38.5 Å². The van der Waals surface area contributed by atoms with Crippen LogP contribution in [-0.4, -0.2) is 44.6 Å². The Bertz CT molecular complexity index is 418. The average molecular weight is 300 g/mol. The summed E-state index contributed by atoms with van der Waals surface area (Å²) in [7, 11) is -2.80. The van der Waals surface area contributed by atoms with Crippen LogP contribution in [0.2, 0.25) is 0 Å². The Kier molecular flexibility index (Phi) is 4.68. The van der Waals surface area contributed by atoms with Gasteiger partial charge in [0.2, 0.25) is 0 Å². The van der Waals surface area contributed by atoms with E-state index in [9.17, 15) is 8.42 Å². The van der Waals surface area contributed by atoms with Crippen molar-refractivity contribution in [2.45, 2.75) is 68.7 Å². The van der Waals surface area contributed by atoms with Gasteiger partial charge in [0, 0.05) is 18.6 Å². The molecule has 2 heterocycles. The number of hydrogen-bond donors (Lipinski definition) is 2. The van der Waals surface area contributed by atoms with E-state index in [2.05, 4.69) is 10.6 Å². The van der Waals surface area contributed by atoms with E-state index in [1.807, 2.05) is 0 Å². The molecule has 2 N–H and O–H groups in total. The molecule has 0 aromatic carbocycles. The van der Waals surface area contributed by atoms with Crippen LogP contribution in [0.1, 0.15) is 51.4 Å². The van der Waals surface area contributed by atoms with Gasteiger partial charge in [-0.15, -0.1) is 0 Å². The molecule has 0 radical (unpaired) electrons. The summed E-state index contributed by atoms with van der Waals surface area (Å²) in [4.78, 5) is 0. The predicted octanol–water partition coefficient (Wildman–Crippen LogP) is 1.46. The third-order valence-electron chi connectivity index (χ3n) is 5.51. The molecule has 3 aliphatic rings. The van der Waals surface area contributed by atoms with Gasteiger partial charge in [0.25, 0.3) is 0 Å². The van der Waals surface area contributed by atoms with Crippen LogP contribution < -0.4 is 10.6 Å². The highest BCUT2D eigenvalue weighted by atomic mass is 32.2. The first-order valence-corrected chi connectivity index (χ1v) is 10.1. The van der Waals surface area contributed by atoms with Gasteiger partial charge in [-0.2, -0.15) is 0 Å². The van der Waals surface area contributed by atoms with Gasteiger partial charge in [-0.05, 0) is 51.0 Å². The van der Waals surface area contributed by atoms with Crippen molar-refractivity contribution < 1.29 is 8.42 Å². The van der Waals surface area contributed by atoms with Crippen molar-refractivity contribution in [2.75, 3.05) is 18.8 Å². The second-order valence-electron chi connectivity index (χ2n) is 6.80. The van der Waals surface area contributed by atoms with Crippen molar-refractivity contribution >= 4 is 9.84 Å². The number of rotatable bonds is 4. The Hall–Kier alpha value is -0.130. The molecule has 1 aliphatic carbocycles. The zero-order valence-corrected chi connectivity index (χ0v) is 13.1. The van der Waals surface area contributed by atoms with Crippen LogP contribution >= 0.6 is 0 Å². The minimum atomic E-state index is -2.80. The third kappa shape index (κ3) is 3.20. The third-order valence-corrected chi connectivity index (χ3v) is 7.78. The zero-order valence-electron chi connectivity index (χ0n) is 12.3. The smallest absolute Gasteiger partial charge is 0.154 e. The van der Waals surface area contributed by atoms with E-state index in [4.69, 9.17) is 0 Å². The van der Waals surface area contributed by atoms with Gasteiger partial charge in [-0.25, -0.2) is 8.42 Å². The van der Waals surface area contributed by atoms with Crippen molar-refractivity contribution in [3.05, 3.63) is 0 Å². The molecule has 4 atom stereocenters. The van der Waals surface area contributed by atoms with Gasteiger partial charge < -0.3 is 10.6 Å². The average Bonchev–Trinajstić information content (AvgIpc) is 3.06. The van der Waals surface area contributed by atoms with Crippen LogP contribution in [0.5, 0.6) is 0 Å². The highest BCUT2D eigenvalue weighted by molar-refractivity contribution is 7.92. The van der Waals surface area contributed by atoms with E-state index in [-0.39, 0.29) is 5.25 Å². The Morgan fingerprint density at radius 3 is 2.55 bits per heavy atom. The molecule has 0 spiro atoms. The fourth-order valence-electron chi connectivity index (χ4n) is 4.34. The van der Waals surface area contributed by atoms with Crippen molar-refractivity contribution in [2.24, 2.45) is 5.92 Å². The second-order valence-corrected chi connectivity index (χ2v) is 9.20.